The van der Waals surface area contributed by atoms with Crippen molar-refractivity contribution in [3.8, 4) is 5.75 Å². The lowest BCUT2D eigenvalue weighted by Crippen LogP contribution is -2.34. The molecule has 0 amide bonds. The Morgan fingerprint density at radius 2 is 1.86 bits per heavy atom. The van der Waals surface area contributed by atoms with Gasteiger partial charge in [0.2, 0.25) is 0 Å². The van der Waals surface area contributed by atoms with Gasteiger partial charge in [-0.25, -0.2) is 0 Å². The number of nitrogens with one attached hydrogen (secondary N) is 1. The number of para-hydroxylation sites is 1. The first-order chi connectivity index (χ1) is 10.2. The van der Waals surface area contributed by atoms with Crippen LogP contribution in [0.1, 0.15) is 17.2 Å². The maximum Gasteiger partial charge on any atom is 0.325 e. The van der Waals surface area contributed by atoms with Gasteiger partial charge in [-0.05, 0) is 23.3 Å². The fraction of sp³-hybridized carbons (Fsp3) is 0.235. The summed E-state index contributed by atoms with van der Waals surface area (Å²) < 4.78 is 5.21. The quantitative estimate of drug-likeness (QED) is 0.664. The predicted molar refractivity (Wildman–Crippen MR) is 79.0 cm³/mol. The van der Waals surface area contributed by atoms with E-state index in [4.69, 9.17) is 4.74 Å². The highest BCUT2D eigenvalue weighted by atomic mass is 16.5. The summed E-state index contributed by atoms with van der Waals surface area (Å²) in [6.07, 6.45) is 0.105. The largest absolute Gasteiger partial charge is 0.426 e. The van der Waals surface area contributed by atoms with Crippen molar-refractivity contribution in [2.45, 2.75) is 18.6 Å². The molecular formula is C17H17NO3. The first kappa shape index (κ1) is 13.8. The van der Waals surface area contributed by atoms with E-state index < -0.39 is 6.10 Å². The monoisotopic (exact) mass is 283 g/mol. The summed E-state index contributed by atoms with van der Waals surface area (Å²) in [6.45, 7) is 0.0605. The second-order valence-corrected chi connectivity index (χ2v) is 5.12. The Hall–Kier alpha value is -2.17. The van der Waals surface area contributed by atoms with Crippen molar-refractivity contribution in [3.63, 3.8) is 0 Å². The summed E-state index contributed by atoms with van der Waals surface area (Å²) >= 11 is 0. The minimum atomic E-state index is -0.507. The number of carbonyl (C=O) groups is 1. The zero-order valence-electron chi connectivity index (χ0n) is 11.5. The molecule has 0 saturated heterocycles. The van der Waals surface area contributed by atoms with Crippen molar-refractivity contribution in [1.82, 2.24) is 5.32 Å². The normalized spacial score (nSPS) is 20.0. The lowest BCUT2D eigenvalue weighted by atomic mass is 10.1. The van der Waals surface area contributed by atoms with Crippen molar-refractivity contribution >= 4 is 5.97 Å². The molecule has 108 valence electrons. The highest BCUT2D eigenvalue weighted by molar-refractivity contribution is 5.74. The predicted octanol–water partition coefficient (Wildman–Crippen LogP) is 1.84. The van der Waals surface area contributed by atoms with E-state index in [1.54, 1.807) is 12.1 Å². The first-order valence-electron chi connectivity index (χ1n) is 6.99. The van der Waals surface area contributed by atoms with Crippen molar-refractivity contribution in [2.75, 3.05) is 6.54 Å². The molecule has 0 spiro atoms. The van der Waals surface area contributed by atoms with Gasteiger partial charge >= 0.3 is 5.97 Å². The lowest BCUT2D eigenvalue weighted by molar-refractivity contribution is -0.133. The molecule has 0 unspecified atom stereocenters. The molecule has 4 heteroatoms. The molecule has 0 fully saturated rings. The lowest BCUT2D eigenvalue weighted by Gasteiger charge is -2.17. The molecule has 0 heterocycles. The highest BCUT2D eigenvalue weighted by Gasteiger charge is 2.30. The van der Waals surface area contributed by atoms with Crippen LogP contribution in [0.4, 0.5) is 0 Å². The number of hydrogen-bond acceptors (Lipinski definition) is 4. The third-order valence-electron chi connectivity index (χ3n) is 3.65. The molecule has 2 aromatic rings. The third kappa shape index (κ3) is 3.12. The molecule has 0 bridgehead atoms. The van der Waals surface area contributed by atoms with Crippen molar-refractivity contribution < 1.29 is 14.6 Å². The standard InChI is InChI=1S/C17H17NO3/c19-15-10-12-6-4-5-9-14(12)17(15)18-11-16(20)21-13-7-2-1-3-8-13/h1-9,15,17-19H,10-11H2/t15-,17-/m1/s1. The molecule has 0 radical (unpaired) electrons. The Kier molecular flexibility index (Phi) is 3.99. The van der Waals surface area contributed by atoms with E-state index in [2.05, 4.69) is 5.32 Å². The molecule has 2 aromatic carbocycles. The molecule has 0 aromatic heterocycles. The smallest absolute Gasteiger partial charge is 0.325 e. The Labute approximate surface area is 123 Å². The van der Waals surface area contributed by atoms with Crippen LogP contribution in [-0.2, 0) is 11.2 Å². The maximum absolute atomic E-state index is 11.8. The molecule has 1 aliphatic carbocycles. The second kappa shape index (κ2) is 6.08. The van der Waals surface area contributed by atoms with Crippen LogP contribution in [0.5, 0.6) is 5.75 Å². The number of aliphatic hydroxyl groups excluding tert-OH is 1. The Morgan fingerprint density at radius 3 is 2.67 bits per heavy atom. The van der Waals surface area contributed by atoms with Gasteiger partial charge in [0.15, 0.2) is 0 Å². The number of ether oxygens (including phenoxy) is 1. The van der Waals surface area contributed by atoms with Crippen LogP contribution < -0.4 is 10.1 Å². The Bertz CT molecular complexity index is 627. The molecule has 2 atom stereocenters. The van der Waals surface area contributed by atoms with Gasteiger partial charge in [0.25, 0.3) is 0 Å². The molecule has 3 rings (SSSR count). The molecule has 0 aliphatic heterocycles. The minimum absolute atomic E-state index is 0.0605. The summed E-state index contributed by atoms with van der Waals surface area (Å²) in [7, 11) is 0. The number of carbonyl (C=O) groups excluding carboxylic acids is 1. The Morgan fingerprint density at radius 1 is 1.14 bits per heavy atom. The number of rotatable bonds is 4. The molecule has 0 saturated carbocycles. The van der Waals surface area contributed by atoms with Crippen LogP contribution in [-0.4, -0.2) is 23.7 Å². The van der Waals surface area contributed by atoms with Gasteiger partial charge in [-0.3, -0.25) is 10.1 Å². The molecular weight excluding hydrogens is 266 g/mol. The van der Waals surface area contributed by atoms with Gasteiger partial charge in [-0.1, -0.05) is 42.5 Å². The van der Waals surface area contributed by atoms with E-state index in [9.17, 15) is 9.90 Å². The molecule has 21 heavy (non-hydrogen) atoms. The van der Waals surface area contributed by atoms with Crippen LogP contribution in [0.15, 0.2) is 54.6 Å². The van der Waals surface area contributed by atoms with Crippen molar-refractivity contribution in [1.29, 1.82) is 0 Å². The summed E-state index contributed by atoms with van der Waals surface area (Å²) in [6, 6.07) is 16.6. The minimum Gasteiger partial charge on any atom is -0.426 e. The fourth-order valence-corrected chi connectivity index (χ4v) is 2.67. The second-order valence-electron chi connectivity index (χ2n) is 5.12. The van der Waals surface area contributed by atoms with Crippen molar-refractivity contribution in [2.24, 2.45) is 0 Å². The van der Waals surface area contributed by atoms with Gasteiger partial charge in [-0.2, -0.15) is 0 Å². The summed E-state index contributed by atoms with van der Waals surface area (Å²) in [5.41, 5.74) is 2.18. The fourth-order valence-electron chi connectivity index (χ4n) is 2.67. The third-order valence-corrected chi connectivity index (χ3v) is 3.65. The van der Waals surface area contributed by atoms with E-state index in [1.165, 1.54) is 0 Å². The van der Waals surface area contributed by atoms with E-state index in [0.717, 1.165) is 11.1 Å². The summed E-state index contributed by atoms with van der Waals surface area (Å²) in [5.74, 6) is 0.162. The zero-order chi connectivity index (χ0) is 14.7. The summed E-state index contributed by atoms with van der Waals surface area (Å²) in [5, 5.41) is 13.2. The number of esters is 1. The number of benzene rings is 2. The molecule has 1 aliphatic rings. The van der Waals surface area contributed by atoms with Gasteiger partial charge < -0.3 is 9.84 Å². The van der Waals surface area contributed by atoms with Crippen LogP contribution in [0.25, 0.3) is 0 Å². The van der Waals surface area contributed by atoms with Crippen LogP contribution >= 0.6 is 0 Å². The van der Waals surface area contributed by atoms with Crippen molar-refractivity contribution in [3.05, 3.63) is 65.7 Å². The van der Waals surface area contributed by atoms with E-state index in [-0.39, 0.29) is 18.6 Å². The first-order valence-corrected chi connectivity index (χ1v) is 6.99. The van der Waals surface area contributed by atoms with Crippen LogP contribution in [0, 0.1) is 0 Å². The SMILES string of the molecule is O=C(CN[C@@H]1c2ccccc2C[C@H]1O)Oc1ccccc1. The number of aliphatic hydroxyl groups is 1. The van der Waals surface area contributed by atoms with Gasteiger partial charge in [0, 0.05) is 6.42 Å². The van der Waals surface area contributed by atoms with E-state index in [1.807, 2.05) is 42.5 Å². The van der Waals surface area contributed by atoms with Gasteiger partial charge in [-0.15, -0.1) is 0 Å². The number of hydrogen-bond donors (Lipinski definition) is 2. The van der Waals surface area contributed by atoms with E-state index >= 15 is 0 Å². The molecule has 2 N–H and O–H groups in total. The molecule has 4 nitrogen and oxygen atoms in total. The van der Waals surface area contributed by atoms with Gasteiger partial charge in [0.1, 0.15) is 5.75 Å². The van der Waals surface area contributed by atoms with E-state index in [0.29, 0.717) is 12.2 Å². The summed E-state index contributed by atoms with van der Waals surface area (Å²) in [4.78, 5) is 11.8. The topological polar surface area (TPSA) is 58.6 Å². The average Bonchev–Trinajstić information content (AvgIpc) is 2.81. The van der Waals surface area contributed by atoms with Gasteiger partial charge in [0.05, 0.1) is 18.7 Å². The number of fused-ring (bicyclic) bond motifs is 1. The highest BCUT2D eigenvalue weighted by Crippen LogP contribution is 2.30. The average molecular weight is 283 g/mol. The van der Waals surface area contributed by atoms with Crippen LogP contribution in [0.2, 0.25) is 0 Å². The maximum atomic E-state index is 11.8. The van der Waals surface area contributed by atoms with Crippen LogP contribution in [0.3, 0.4) is 0 Å². The zero-order valence-corrected chi connectivity index (χ0v) is 11.5. The Balaban J connectivity index is 1.59.